The molecule has 1 N–H and O–H groups in total. The summed E-state index contributed by atoms with van der Waals surface area (Å²) >= 11 is 0. The lowest BCUT2D eigenvalue weighted by Gasteiger charge is -1.95. The Labute approximate surface area is 42.7 Å². The molecule has 2 radical (unpaired) electrons. The third kappa shape index (κ3) is 3.09. The van der Waals surface area contributed by atoms with Crippen LogP contribution in [0, 0.1) is 7.05 Å². The van der Waals surface area contributed by atoms with Gasteiger partial charge in [-0.05, 0) is 6.92 Å². The molecule has 1 amide bonds. The number of ether oxygens (including phenoxy) is 1. The molecular formula is C4H7NO2. The molecule has 0 aliphatic heterocycles. The van der Waals surface area contributed by atoms with Crippen LogP contribution in [0.3, 0.4) is 0 Å². The summed E-state index contributed by atoms with van der Waals surface area (Å²) in [5.74, 6) is 0. The van der Waals surface area contributed by atoms with E-state index in [2.05, 4.69) is 11.8 Å². The zero-order valence-corrected chi connectivity index (χ0v) is 4.10. The Hall–Kier alpha value is -0.730. The van der Waals surface area contributed by atoms with Crippen LogP contribution in [0.4, 0.5) is 4.79 Å². The van der Waals surface area contributed by atoms with Gasteiger partial charge in [0.1, 0.15) is 0 Å². The molecule has 3 heteroatoms. The van der Waals surface area contributed by atoms with Crippen molar-refractivity contribution in [3.05, 3.63) is 7.05 Å². The lowest BCUT2D eigenvalue weighted by molar-refractivity contribution is 0.156. The molecule has 0 aliphatic rings. The molecule has 0 rings (SSSR count). The van der Waals surface area contributed by atoms with Crippen LogP contribution in [-0.2, 0) is 4.74 Å². The number of carbonyl (C=O) groups is 1. The van der Waals surface area contributed by atoms with Gasteiger partial charge in [-0.1, -0.05) is 0 Å². The zero-order chi connectivity index (χ0) is 5.70. The van der Waals surface area contributed by atoms with Gasteiger partial charge >= 0.3 is 6.09 Å². The molecule has 0 saturated carbocycles. The van der Waals surface area contributed by atoms with Crippen molar-refractivity contribution in [2.24, 2.45) is 0 Å². The predicted octanol–water partition coefficient (Wildman–Crippen LogP) is 0.401. The number of amides is 1. The quantitative estimate of drug-likeness (QED) is 0.485. The highest BCUT2D eigenvalue weighted by molar-refractivity contribution is 5.67. The lowest BCUT2D eigenvalue weighted by atomic mass is 10.9. The van der Waals surface area contributed by atoms with Crippen LogP contribution in [0.2, 0.25) is 0 Å². The topological polar surface area (TPSA) is 38.3 Å². The van der Waals surface area contributed by atoms with Gasteiger partial charge in [0, 0.05) is 0 Å². The van der Waals surface area contributed by atoms with Crippen molar-refractivity contribution in [3.8, 4) is 0 Å². The van der Waals surface area contributed by atoms with Gasteiger partial charge in [-0.25, -0.2) is 4.79 Å². The standard InChI is InChI=1S/C4H7NO2/c1-3-7-4(6)5-2/h2H,3H2,1H3,(H,5,6). The Morgan fingerprint density at radius 2 is 2.57 bits per heavy atom. The van der Waals surface area contributed by atoms with E-state index >= 15 is 0 Å². The normalized spacial score (nSPS) is 7.71. The van der Waals surface area contributed by atoms with Crippen LogP contribution in [-0.4, -0.2) is 12.7 Å². The number of carbonyl (C=O) groups excluding carboxylic acids is 1. The molecule has 0 aliphatic carbocycles. The second-order valence-corrected chi connectivity index (χ2v) is 0.865. The molecule has 0 aromatic carbocycles. The SMILES string of the molecule is [CH]NC(=O)OCC. The van der Waals surface area contributed by atoms with Gasteiger partial charge in [-0.3, -0.25) is 0 Å². The fraction of sp³-hybridized carbons (Fsp3) is 0.500. The summed E-state index contributed by atoms with van der Waals surface area (Å²) in [5, 5.41) is 1.80. The van der Waals surface area contributed by atoms with E-state index in [0.29, 0.717) is 6.61 Å². The van der Waals surface area contributed by atoms with Crippen LogP contribution in [0.5, 0.6) is 0 Å². The van der Waals surface area contributed by atoms with Crippen molar-refractivity contribution in [2.45, 2.75) is 6.92 Å². The lowest BCUT2D eigenvalue weighted by Crippen LogP contribution is -2.16. The monoisotopic (exact) mass is 101 g/mol. The first-order valence-corrected chi connectivity index (χ1v) is 1.94. The second-order valence-electron chi connectivity index (χ2n) is 0.865. The van der Waals surface area contributed by atoms with E-state index in [1.54, 1.807) is 12.2 Å². The molecule has 7 heavy (non-hydrogen) atoms. The second kappa shape index (κ2) is 3.46. The van der Waals surface area contributed by atoms with E-state index in [1.165, 1.54) is 0 Å². The highest BCUT2D eigenvalue weighted by Crippen LogP contribution is 1.71. The van der Waals surface area contributed by atoms with Crippen molar-refractivity contribution in [2.75, 3.05) is 6.61 Å². The molecule has 0 spiro atoms. The van der Waals surface area contributed by atoms with Crippen LogP contribution >= 0.6 is 0 Å². The number of nitrogens with one attached hydrogen (secondary N) is 1. The van der Waals surface area contributed by atoms with E-state index in [0.717, 1.165) is 0 Å². The molecule has 0 saturated heterocycles. The van der Waals surface area contributed by atoms with E-state index in [-0.39, 0.29) is 0 Å². The molecule has 0 atom stereocenters. The highest BCUT2D eigenvalue weighted by Gasteiger charge is 1.89. The van der Waals surface area contributed by atoms with Crippen molar-refractivity contribution in [1.82, 2.24) is 5.32 Å². The summed E-state index contributed by atoms with van der Waals surface area (Å²) in [6.07, 6.45) is -0.595. The molecule has 0 fully saturated rings. The summed E-state index contributed by atoms with van der Waals surface area (Å²) < 4.78 is 4.32. The zero-order valence-electron chi connectivity index (χ0n) is 4.10. The summed E-state index contributed by atoms with van der Waals surface area (Å²) in [6.45, 7) is 2.05. The largest absolute Gasteiger partial charge is 0.450 e. The van der Waals surface area contributed by atoms with Crippen LogP contribution in [0.25, 0.3) is 0 Å². The van der Waals surface area contributed by atoms with E-state index in [9.17, 15) is 4.79 Å². The van der Waals surface area contributed by atoms with Gasteiger partial charge < -0.3 is 10.1 Å². The van der Waals surface area contributed by atoms with Gasteiger partial charge in [0.15, 0.2) is 0 Å². The van der Waals surface area contributed by atoms with Gasteiger partial charge in [-0.15, -0.1) is 0 Å². The third-order valence-corrected chi connectivity index (χ3v) is 0.393. The Balaban J connectivity index is 3.00. The molecule has 0 heterocycles. The van der Waals surface area contributed by atoms with Crippen molar-refractivity contribution < 1.29 is 9.53 Å². The minimum atomic E-state index is -0.595. The minimum Gasteiger partial charge on any atom is -0.450 e. The number of alkyl carbamates (subject to hydrolysis) is 1. The average molecular weight is 101 g/mol. The maximum atomic E-state index is 9.95. The van der Waals surface area contributed by atoms with E-state index < -0.39 is 6.09 Å². The molecule has 3 nitrogen and oxygen atoms in total. The maximum absolute atomic E-state index is 9.95. The summed E-state index contributed by atoms with van der Waals surface area (Å²) in [6, 6.07) is 0. The number of hydrogen-bond donors (Lipinski definition) is 1. The van der Waals surface area contributed by atoms with Crippen molar-refractivity contribution in [1.29, 1.82) is 0 Å². The summed E-state index contributed by atoms with van der Waals surface area (Å²) in [7, 11) is 4.63. The van der Waals surface area contributed by atoms with Crippen LogP contribution < -0.4 is 5.32 Å². The molecule has 0 bridgehead atoms. The Morgan fingerprint density at radius 1 is 2.00 bits per heavy atom. The van der Waals surface area contributed by atoms with Gasteiger partial charge in [0.05, 0.1) is 13.7 Å². The fourth-order valence-corrected chi connectivity index (χ4v) is 0.173. The van der Waals surface area contributed by atoms with Gasteiger partial charge in [-0.2, -0.15) is 0 Å². The van der Waals surface area contributed by atoms with E-state index in [1.807, 2.05) is 0 Å². The molecule has 40 valence electrons. The third-order valence-electron chi connectivity index (χ3n) is 0.393. The van der Waals surface area contributed by atoms with Crippen LogP contribution in [0.1, 0.15) is 6.92 Å². The fourth-order valence-electron chi connectivity index (χ4n) is 0.173. The number of hydrogen-bond acceptors (Lipinski definition) is 2. The van der Waals surface area contributed by atoms with Gasteiger partial charge in [0.2, 0.25) is 0 Å². The smallest absolute Gasteiger partial charge is 0.407 e. The summed E-state index contributed by atoms with van der Waals surface area (Å²) in [5.41, 5.74) is 0. The predicted molar refractivity (Wildman–Crippen MR) is 24.5 cm³/mol. The average Bonchev–Trinajstić information content (AvgIpc) is 1.68. The maximum Gasteiger partial charge on any atom is 0.407 e. The molecule has 0 aromatic heterocycles. The van der Waals surface area contributed by atoms with Crippen LogP contribution in [0.15, 0.2) is 0 Å². The Bertz CT molecular complexity index is 62.7. The minimum absolute atomic E-state index is 0.350. The van der Waals surface area contributed by atoms with Crippen molar-refractivity contribution in [3.63, 3.8) is 0 Å². The van der Waals surface area contributed by atoms with E-state index in [4.69, 9.17) is 0 Å². The highest BCUT2D eigenvalue weighted by atomic mass is 16.5. The molecular weight excluding hydrogens is 94.0 g/mol. The number of rotatable bonds is 1. The Morgan fingerprint density at radius 3 is 2.71 bits per heavy atom. The molecule has 0 aromatic rings. The van der Waals surface area contributed by atoms with Crippen molar-refractivity contribution >= 4 is 6.09 Å². The van der Waals surface area contributed by atoms with Gasteiger partial charge in [0.25, 0.3) is 0 Å². The summed E-state index contributed by atoms with van der Waals surface area (Å²) in [4.78, 5) is 9.95. The molecule has 0 unspecified atom stereocenters. The first-order valence-electron chi connectivity index (χ1n) is 1.94. The Kier molecular flexibility index (Phi) is 3.10. The first kappa shape index (κ1) is 6.27. The first-order chi connectivity index (χ1) is 3.31.